The molecule has 0 radical (unpaired) electrons. The molecule has 1 aliphatic rings. The van der Waals surface area contributed by atoms with Crippen molar-refractivity contribution >= 4 is 21.6 Å². The molecule has 31 heavy (non-hydrogen) atoms. The van der Waals surface area contributed by atoms with Crippen LogP contribution in [0.2, 0.25) is 0 Å². The SMILES string of the molecule is O=C(CN1CCC(NS(=O)(=O)c2ccc(F)cc2)CC1)Nc1ccc(C(F)(F)F)cc1. The van der Waals surface area contributed by atoms with Crippen LogP contribution in [0.1, 0.15) is 18.4 Å². The molecular formula is C20H21F4N3O3S. The lowest BCUT2D eigenvalue weighted by Gasteiger charge is -2.31. The van der Waals surface area contributed by atoms with E-state index in [1.165, 1.54) is 24.3 Å². The van der Waals surface area contributed by atoms with Crippen LogP contribution in [0.25, 0.3) is 0 Å². The molecule has 1 saturated heterocycles. The second kappa shape index (κ2) is 9.33. The van der Waals surface area contributed by atoms with Crippen LogP contribution in [-0.4, -0.2) is 44.9 Å². The molecule has 0 atom stereocenters. The number of rotatable bonds is 6. The normalized spacial score (nSPS) is 16.3. The first-order chi connectivity index (χ1) is 14.5. The molecule has 0 saturated carbocycles. The van der Waals surface area contributed by atoms with Crippen LogP contribution in [0.5, 0.6) is 0 Å². The van der Waals surface area contributed by atoms with Gasteiger partial charge in [-0.25, -0.2) is 17.5 Å². The van der Waals surface area contributed by atoms with Crippen molar-refractivity contribution in [3.8, 4) is 0 Å². The van der Waals surface area contributed by atoms with E-state index in [0.717, 1.165) is 24.3 Å². The predicted molar refractivity (Wildman–Crippen MR) is 106 cm³/mol. The molecule has 1 aliphatic heterocycles. The number of anilines is 1. The minimum absolute atomic E-state index is 0.0211. The Kier molecular flexibility index (Phi) is 6.97. The molecule has 6 nitrogen and oxygen atoms in total. The standard InChI is InChI=1S/C20H21F4N3O3S/c21-15-3-7-18(8-4-15)31(29,30)26-17-9-11-27(12-10-17)13-19(28)25-16-5-1-14(2-6-16)20(22,23)24/h1-8,17,26H,9-13H2,(H,25,28). The van der Waals surface area contributed by atoms with Crippen LogP contribution >= 0.6 is 0 Å². The number of hydrogen-bond acceptors (Lipinski definition) is 4. The van der Waals surface area contributed by atoms with Gasteiger partial charge in [0.2, 0.25) is 15.9 Å². The number of piperidine rings is 1. The molecule has 11 heteroatoms. The van der Waals surface area contributed by atoms with Gasteiger partial charge in [0.05, 0.1) is 17.0 Å². The van der Waals surface area contributed by atoms with E-state index >= 15 is 0 Å². The van der Waals surface area contributed by atoms with Crippen LogP contribution in [0.3, 0.4) is 0 Å². The molecule has 1 heterocycles. The second-order valence-corrected chi connectivity index (χ2v) is 8.96. The summed E-state index contributed by atoms with van der Waals surface area (Å²) in [6.07, 6.45) is -3.48. The zero-order valence-corrected chi connectivity index (χ0v) is 17.1. The van der Waals surface area contributed by atoms with Gasteiger partial charge in [-0.1, -0.05) is 0 Å². The van der Waals surface area contributed by atoms with Crippen molar-refractivity contribution in [1.29, 1.82) is 0 Å². The van der Waals surface area contributed by atoms with E-state index in [-0.39, 0.29) is 29.1 Å². The molecule has 0 bridgehead atoms. The number of carbonyl (C=O) groups is 1. The highest BCUT2D eigenvalue weighted by molar-refractivity contribution is 7.89. The summed E-state index contributed by atoms with van der Waals surface area (Å²) in [5, 5.41) is 2.55. The van der Waals surface area contributed by atoms with Crippen LogP contribution < -0.4 is 10.0 Å². The maximum atomic E-state index is 13.0. The third-order valence-corrected chi connectivity index (χ3v) is 6.43. The lowest BCUT2D eigenvalue weighted by Crippen LogP contribution is -2.46. The van der Waals surface area contributed by atoms with E-state index in [2.05, 4.69) is 10.0 Å². The van der Waals surface area contributed by atoms with E-state index in [9.17, 15) is 30.8 Å². The number of likely N-dealkylation sites (tertiary alicyclic amines) is 1. The van der Waals surface area contributed by atoms with Gasteiger partial charge >= 0.3 is 6.18 Å². The Labute approximate surface area is 177 Å². The summed E-state index contributed by atoms with van der Waals surface area (Å²) in [5.41, 5.74) is -0.532. The van der Waals surface area contributed by atoms with Gasteiger partial charge < -0.3 is 5.32 Å². The summed E-state index contributed by atoms with van der Waals surface area (Å²) in [7, 11) is -3.77. The van der Waals surface area contributed by atoms with Crippen LogP contribution in [0.4, 0.5) is 23.2 Å². The Balaban J connectivity index is 1.46. The number of halogens is 4. The highest BCUT2D eigenvalue weighted by Crippen LogP contribution is 2.29. The zero-order valence-electron chi connectivity index (χ0n) is 16.3. The van der Waals surface area contributed by atoms with Gasteiger partial charge in [-0.15, -0.1) is 0 Å². The number of nitrogens with one attached hydrogen (secondary N) is 2. The summed E-state index contributed by atoms with van der Waals surface area (Å²) in [4.78, 5) is 14.0. The van der Waals surface area contributed by atoms with Crippen LogP contribution in [-0.2, 0) is 21.0 Å². The average Bonchev–Trinajstić information content (AvgIpc) is 2.69. The predicted octanol–water partition coefficient (Wildman–Crippen LogP) is 3.23. The van der Waals surface area contributed by atoms with E-state index < -0.39 is 27.6 Å². The molecule has 1 fully saturated rings. The first-order valence-corrected chi connectivity index (χ1v) is 11.0. The minimum Gasteiger partial charge on any atom is -0.325 e. The Morgan fingerprint density at radius 2 is 1.58 bits per heavy atom. The molecule has 0 unspecified atom stereocenters. The number of alkyl halides is 3. The monoisotopic (exact) mass is 459 g/mol. The topological polar surface area (TPSA) is 78.5 Å². The van der Waals surface area contributed by atoms with Crippen molar-refractivity contribution in [3.05, 3.63) is 59.9 Å². The summed E-state index contributed by atoms with van der Waals surface area (Å²) in [6.45, 7) is 0.979. The lowest BCUT2D eigenvalue weighted by atomic mass is 10.1. The van der Waals surface area contributed by atoms with Gasteiger partial charge in [0.1, 0.15) is 5.82 Å². The maximum absolute atomic E-state index is 13.0. The van der Waals surface area contributed by atoms with E-state index in [0.29, 0.717) is 25.9 Å². The minimum atomic E-state index is -4.44. The maximum Gasteiger partial charge on any atom is 0.416 e. The number of carbonyl (C=O) groups excluding carboxylic acids is 1. The van der Waals surface area contributed by atoms with Crippen LogP contribution in [0.15, 0.2) is 53.4 Å². The Bertz CT molecular complexity index is 1000. The highest BCUT2D eigenvalue weighted by atomic mass is 32.2. The molecule has 2 aromatic rings. The first kappa shape index (κ1) is 23.2. The van der Waals surface area contributed by atoms with E-state index in [1.807, 2.05) is 4.90 Å². The lowest BCUT2D eigenvalue weighted by molar-refractivity contribution is -0.137. The summed E-state index contributed by atoms with van der Waals surface area (Å²) >= 11 is 0. The molecule has 168 valence electrons. The van der Waals surface area contributed by atoms with Crippen molar-refractivity contribution in [2.75, 3.05) is 25.0 Å². The number of sulfonamides is 1. The van der Waals surface area contributed by atoms with Gasteiger partial charge in [0, 0.05) is 24.8 Å². The Hall–Kier alpha value is -2.50. The summed E-state index contributed by atoms with van der Waals surface area (Å²) in [5.74, 6) is -0.896. The molecule has 0 aliphatic carbocycles. The Morgan fingerprint density at radius 1 is 1.00 bits per heavy atom. The van der Waals surface area contributed by atoms with E-state index in [4.69, 9.17) is 0 Å². The van der Waals surface area contributed by atoms with Crippen LogP contribution in [0, 0.1) is 5.82 Å². The largest absolute Gasteiger partial charge is 0.416 e. The fourth-order valence-electron chi connectivity index (χ4n) is 3.26. The van der Waals surface area contributed by atoms with Crippen molar-refractivity contribution in [2.24, 2.45) is 0 Å². The van der Waals surface area contributed by atoms with Crippen molar-refractivity contribution in [3.63, 3.8) is 0 Å². The number of hydrogen-bond donors (Lipinski definition) is 2. The molecular weight excluding hydrogens is 438 g/mol. The number of benzene rings is 2. The quantitative estimate of drug-likeness (QED) is 0.651. The molecule has 0 spiro atoms. The third-order valence-electron chi connectivity index (χ3n) is 4.90. The first-order valence-electron chi connectivity index (χ1n) is 9.50. The van der Waals surface area contributed by atoms with Gasteiger partial charge in [-0.05, 0) is 61.4 Å². The summed E-state index contributed by atoms with van der Waals surface area (Å²) < 4.78 is 78.1. The number of amides is 1. The molecule has 2 aromatic carbocycles. The van der Waals surface area contributed by atoms with Crippen molar-refractivity contribution in [2.45, 2.75) is 30.0 Å². The smallest absolute Gasteiger partial charge is 0.325 e. The van der Waals surface area contributed by atoms with Gasteiger partial charge in [0.25, 0.3) is 0 Å². The third kappa shape index (κ3) is 6.49. The molecule has 1 amide bonds. The molecule has 0 aromatic heterocycles. The van der Waals surface area contributed by atoms with E-state index in [1.54, 1.807) is 0 Å². The van der Waals surface area contributed by atoms with Crippen molar-refractivity contribution < 1.29 is 30.8 Å². The number of nitrogens with zero attached hydrogens (tertiary/aromatic N) is 1. The summed E-state index contributed by atoms with van der Waals surface area (Å²) in [6, 6.07) is 8.40. The zero-order chi connectivity index (χ0) is 22.6. The fraction of sp³-hybridized carbons (Fsp3) is 0.350. The molecule has 2 N–H and O–H groups in total. The second-order valence-electron chi connectivity index (χ2n) is 7.25. The van der Waals surface area contributed by atoms with Gasteiger partial charge in [0.15, 0.2) is 0 Å². The van der Waals surface area contributed by atoms with Gasteiger partial charge in [-0.3, -0.25) is 9.69 Å². The fourth-order valence-corrected chi connectivity index (χ4v) is 4.56. The average molecular weight is 459 g/mol. The highest BCUT2D eigenvalue weighted by Gasteiger charge is 2.30. The Morgan fingerprint density at radius 3 is 2.13 bits per heavy atom. The molecule has 3 rings (SSSR count). The van der Waals surface area contributed by atoms with Gasteiger partial charge in [-0.2, -0.15) is 13.2 Å². The van der Waals surface area contributed by atoms with Crippen molar-refractivity contribution in [1.82, 2.24) is 9.62 Å².